The molecule has 1 aromatic rings. The largest absolute Gasteiger partial charge is 0.335 e. The molecule has 0 radical (unpaired) electrons. The van der Waals surface area contributed by atoms with Crippen molar-refractivity contribution in [3.05, 3.63) is 17.2 Å². The second kappa shape index (κ2) is 4.35. The third kappa shape index (κ3) is 2.07. The van der Waals surface area contributed by atoms with E-state index in [2.05, 4.69) is 16.9 Å². The molecule has 0 unspecified atom stereocenters. The van der Waals surface area contributed by atoms with Gasteiger partial charge in [-0.15, -0.1) is 0 Å². The van der Waals surface area contributed by atoms with E-state index in [9.17, 15) is 8.42 Å². The Labute approximate surface area is 108 Å². The standard InChI is InChI=1S/C12H19N3O2S/c1-15-11-2-5-13-8-10(11)14-12(15)9-3-6-18(16,17)7-4-9/h9,13H,2-8H2,1H3. The summed E-state index contributed by atoms with van der Waals surface area (Å²) < 4.78 is 25.1. The third-order valence-electron chi connectivity index (χ3n) is 4.08. The van der Waals surface area contributed by atoms with E-state index in [0.717, 1.165) is 43.9 Å². The van der Waals surface area contributed by atoms with Crippen LogP contribution >= 0.6 is 0 Å². The van der Waals surface area contributed by atoms with Gasteiger partial charge in [0, 0.05) is 38.2 Å². The molecule has 0 spiro atoms. The summed E-state index contributed by atoms with van der Waals surface area (Å²) in [7, 11) is -0.723. The van der Waals surface area contributed by atoms with E-state index < -0.39 is 9.84 Å². The number of imidazole rings is 1. The Bertz CT molecular complexity index is 548. The Kier molecular flexibility index (Phi) is 2.94. The van der Waals surface area contributed by atoms with Crippen LogP contribution in [0.15, 0.2) is 0 Å². The fraction of sp³-hybridized carbons (Fsp3) is 0.750. The van der Waals surface area contributed by atoms with Gasteiger partial charge in [0.25, 0.3) is 0 Å². The van der Waals surface area contributed by atoms with Gasteiger partial charge in [-0.1, -0.05) is 0 Å². The normalized spacial score (nSPS) is 23.8. The Morgan fingerprint density at radius 2 is 2.06 bits per heavy atom. The first-order valence-electron chi connectivity index (χ1n) is 6.52. The Hall–Kier alpha value is -0.880. The van der Waals surface area contributed by atoms with Crippen LogP contribution in [0, 0.1) is 0 Å². The molecule has 18 heavy (non-hydrogen) atoms. The maximum Gasteiger partial charge on any atom is 0.150 e. The monoisotopic (exact) mass is 269 g/mol. The van der Waals surface area contributed by atoms with E-state index in [1.807, 2.05) is 0 Å². The molecule has 5 nitrogen and oxygen atoms in total. The Morgan fingerprint density at radius 1 is 1.33 bits per heavy atom. The zero-order chi connectivity index (χ0) is 12.8. The highest BCUT2D eigenvalue weighted by Crippen LogP contribution is 2.30. The van der Waals surface area contributed by atoms with Crippen molar-refractivity contribution in [1.29, 1.82) is 0 Å². The van der Waals surface area contributed by atoms with Gasteiger partial charge in [0.2, 0.25) is 0 Å². The highest BCUT2D eigenvalue weighted by molar-refractivity contribution is 7.91. The van der Waals surface area contributed by atoms with Gasteiger partial charge in [-0.05, 0) is 12.8 Å². The summed E-state index contributed by atoms with van der Waals surface area (Å²) in [4.78, 5) is 4.73. The molecule has 0 bridgehead atoms. The number of nitrogens with one attached hydrogen (secondary N) is 1. The molecule has 0 saturated carbocycles. The zero-order valence-electron chi connectivity index (χ0n) is 10.6. The van der Waals surface area contributed by atoms with Crippen LogP contribution < -0.4 is 5.32 Å². The van der Waals surface area contributed by atoms with Crippen molar-refractivity contribution < 1.29 is 8.42 Å². The lowest BCUT2D eigenvalue weighted by molar-refractivity contribution is 0.525. The topological polar surface area (TPSA) is 64.0 Å². The van der Waals surface area contributed by atoms with Crippen molar-refractivity contribution in [1.82, 2.24) is 14.9 Å². The van der Waals surface area contributed by atoms with E-state index in [4.69, 9.17) is 4.98 Å². The van der Waals surface area contributed by atoms with Crippen molar-refractivity contribution in [3.8, 4) is 0 Å². The van der Waals surface area contributed by atoms with Gasteiger partial charge in [-0.25, -0.2) is 13.4 Å². The fourth-order valence-corrected chi connectivity index (χ4v) is 4.48. The summed E-state index contributed by atoms with van der Waals surface area (Å²) in [6.45, 7) is 1.85. The lowest BCUT2D eigenvalue weighted by Crippen LogP contribution is -2.25. The first-order chi connectivity index (χ1) is 8.57. The van der Waals surface area contributed by atoms with Crippen LogP contribution in [-0.4, -0.2) is 36.0 Å². The molecule has 1 saturated heterocycles. The van der Waals surface area contributed by atoms with Crippen LogP contribution in [0.4, 0.5) is 0 Å². The molecule has 1 fully saturated rings. The molecule has 100 valence electrons. The van der Waals surface area contributed by atoms with E-state index in [1.54, 1.807) is 0 Å². The van der Waals surface area contributed by atoms with Crippen molar-refractivity contribution in [2.75, 3.05) is 18.1 Å². The Morgan fingerprint density at radius 3 is 2.72 bits per heavy atom. The molecule has 0 aliphatic carbocycles. The van der Waals surface area contributed by atoms with Crippen LogP contribution in [0.2, 0.25) is 0 Å². The summed E-state index contributed by atoms with van der Waals surface area (Å²) >= 11 is 0. The first-order valence-corrected chi connectivity index (χ1v) is 8.34. The number of nitrogens with zero attached hydrogens (tertiary/aromatic N) is 2. The summed E-state index contributed by atoms with van der Waals surface area (Å²) in [5.41, 5.74) is 2.46. The minimum Gasteiger partial charge on any atom is -0.335 e. The highest BCUT2D eigenvalue weighted by atomic mass is 32.2. The van der Waals surface area contributed by atoms with Crippen molar-refractivity contribution in [2.24, 2.45) is 7.05 Å². The SMILES string of the molecule is Cn1c(C2CCS(=O)(=O)CC2)nc2c1CCNC2. The molecule has 1 N–H and O–H groups in total. The van der Waals surface area contributed by atoms with E-state index in [1.165, 1.54) is 5.69 Å². The summed E-state index contributed by atoms with van der Waals surface area (Å²) in [6, 6.07) is 0. The fourth-order valence-electron chi connectivity index (χ4n) is 2.99. The first kappa shape index (κ1) is 12.2. The van der Waals surface area contributed by atoms with Crippen LogP contribution in [0.25, 0.3) is 0 Å². The molecule has 3 heterocycles. The molecule has 2 aliphatic rings. The van der Waals surface area contributed by atoms with Crippen LogP contribution in [0.1, 0.15) is 36.0 Å². The maximum absolute atomic E-state index is 11.5. The number of hydrogen-bond donors (Lipinski definition) is 1. The summed E-state index contributed by atoms with van der Waals surface area (Å²) in [5, 5.41) is 3.33. The number of rotatable bonds is 1. The van der Waals surface area contributed by atoms with Gasteiger partial charge in [0.15, 0.2) is 0 Å². The smallest absolute Gasteiger partial charge is 0.150 e. The molecule has 0 amide bonds. The summed E-state index contributed by atoms with van der Waals surface area (Å²) in [6.07, 6.45) is 2.46. The van der Waals surface area contributed by atoms with Gasteiger partial charge in [-0.2, -0.15) is 0 Å². The van der Waals surface area contributed by atoms with E-state index in [0.29, 0.717) is 17.4 Å². The van der Waals surface area contributed by atoms with E-state index >= 15 is 0 Å². The predicted octanol–water partition coefficient (Wildman–Crippen LogP) is 0.358. The average molecular weight is 269 g/mol. The maximum atomic E-state index is 11.5. The second-order valence-corrected chi connectivity index (χ2v) is 7.58. The number of fused-ring (bicyclic) bond motifs is 1. The van der Waals surface area contributed by atoms with Gasteiger partial charge in [-0.3, -0.25) is 0 Å². The molecular formula is C12H19N3O2S. The molecule has 1 aromatic heterocycles. The van der Waals surface area contributed by atoms with Crippen molar-refractivity contribution in [2.45, 2.75) is 31.7 Å². The van der Waals surface area contributed by atoms with Gasteiger partial charge < -0.3 is 9.88 Å². The summed E-state index contributed by atoms with van der Waals surface area (Å²) in [5.74, 6) is 2.02. The van der Waals surface area contributed by atoms with Gasteiger partial charge >= 0.3 is 0 Å². The quantitative estimate of drug-likeness (QED) is 0.799. The van der Waals surface area contributed by atoms with Gasteiger partial charge in [0.05, 0.1) is 17.2 Å². The molecule has 2 aliphatic heterocycles. The molecule has 6 heteroatoms. The van der Waals surface area contributed by atoms with Crippen LogP contribution in [0.5, 0.6) is 0 Å². The van der Waals surface area contributed by atoms with Gasteiger partial charge in [0.1, 0.15) is 15.7 Å². The minimum atomic E-state index is -2.79. The third-order valence-corrected chi connectivity index (χ3v) is 5.80. The van der Waals surface area contributed by atoms with Crippen LogP contribution in [0.3, 0.4) is 0 Å². The van der Waals surface area contributed by atoms with Crippen molar-refractivity contribution in [3.63, 3.8) is 0 Å². The lowest BCUT2D eigenvalue weighted by Gasteiger charge is -2.21. The molecular weight excluding hydrogens is 250 g/mol. The lowest BCUT2D eigenvalue weighted by atomic mass is 10.0. The highest BCUT2D eigenvalue weighted by Gasteiger charge is 2.29. The molecule has 3 rings (SSSR count). The number of sulfone groups is 1. The van der Waals surface area contributed by atoms with Crippen LogP contribution in [-0.2, 0) is 29.9 Å². The predicted molar refractivity (Wildman–Crippen MR) is 69.2 cm³/mol. The molecule has 0 aromatic carbocycles. The van der Waals surface area contributed by atoms with E-state index in [-0.39, 0.29) is 0 Å². The zero-order valence-corrected chi connectivity index (χ0v) is 11.5. The minimum absolute atomic E-state index is 0.309. The Balaban J connectivity index is 1.87. The second-order valence-electron chi connectivity index (χ2n) is 5.28. The number of aromatic nitrogens is 2. The number of hydrogen-bond acceptors (Lipinski definition) is 4. The molecule has 0 atom stereocenters. The average Bonchev–Trinajstić information content (AvgIpc) is 2.68. The van der Waals surface area contributed by atoms with Crippen molar-refractivity contribution >= 4 is 9.84 Å².